The molecule has 0 saturated heterocycles. The second-order valence-corrected chi connectivity index (χ2v) is 13.4. The second-order valence-electron chi connectivity index (χ2n) is 3.51. The van der Waals surface area contributed by atoms with Gasteiger partial charge in [0.2, 0.25) is 0 Å². The standard InChI is InChI=1S/C6H12N2.C3H4O4.2BrH.Pt/c7-5-3-1-2-4-6(5)8;4-2(5)1-3(6)7;;;/h5-8H,1-4H2;1H2,(H,4,5)(H,6,7);2*1H;/q-2;;;;+4/p-2. The van der Waals surface area contributed by atoms with Crippen LogP contribution in [0.5, 0.6) is 0 Å². The van der Waals surface area contributed by atoms with Crippen LogP contribution in [0.2, 0.25) is 0 Å². The fourth-order valence-corrected chi connectivity index (χ4v) is 1.26. The van der Waals surface area contributed by atoms with Gasteiger partial charge in [0, 0.05) is 0 Å². The first-order valence-corrected chi connectivity index (χ1v) is 15.0. The SMILES string of the molecule is O=C(O)CC(=O)O.[Br][Pt+2][Br].[NH-]C1CCCCC1[NH-]. The first-order valence-electron chi connectivity index (χ1n) is 5.03. The minimum Gasteiger partial charge on any atom is -0.676 e. The van der Waals surface area contributed by atoms with E-state index in [2.05, 4.69) is 26.6 Å². The van der Waals surface area contributed by atoms with Gasteiger partial charge >= 0.3 is 53.0 Å². The van der Waals surface area contributed by atoms with Crippen molar-refractivity contribution in [3.63, 3.8) is 0 Å². The Morgan fingerprint density at radius 2 is 1.33 bits per heavy atom. The molecular weight excluding hydrogens is 555 g/mol. The van der Waals surface area contributed by atoms with E-state index in [0.29, 0.717) is 0 Å². The third-order valence-electron chi connectivity index (χ3n) is 2.07. The number of hydrogen-bond acceptors (Lipinski definition) is 2. The van der Waals surface area contributed by atoms with E-state index < -0.39 is 18.4 Å². The van der Waals surface area contributed by atoms with Gasteiger partial charge in [-0.05, 0) is 0 Å². The van der Waals surface area contributed by atoms with Gasteiger partial charge in [-0.3, -0.25) is 9.59 Å². The molecule has 2 atom stereocenters. The van der Waals surface area contributed by atoms with Gasteiger partial charge in [-0.2, -0.15) is 12.1 Å². The molecule has 1 rings (SSSR count). The maximum absolute atomic E-state index is 9.43. The molecule has 4 N–H and O–H groups in total. The van der Waals surface area contributed by atoms with Crippen LogP contribution in [0.1, 0.15) is 32.1 Å². The molecule has 18 heavy (non-hydrogen) atoms. The first-order chi connectivity index (χ1) is 8.34. The fraction of sp³-hybridized carbons (Fsp3) is 0.778. The predicted molar refractivity (Wildman–Crippen MR) is 72.4 cm³/mol. The van der Waals surface area contributed by atoms with Crippen molar-refractivity contribution >= 4 is 38.5 Å². The van der Waals surface area contributed by atoms with Crippen molar-refractivity contribution in [3.8, 4) is 0 Å². The molecule has 1 saturated carbocycles. The smallest absolute Gasteiger partial charge is 0.0548 e. The predicted octanol–water partition coefficient (Wildman–Crippen LogP) is 3.64. The first kappa shape index (κ1) is 20.8. The summed E-state index contributed by atoms with van der Waals surface area (Å²) in [5, 5.41) is 15.4. The van der Waals surface area contributed by atoms with Crippen LogP contribution < -0.4 is 0 Å². The maximum Gasteiger partial charge on any atom is -0.0548 e. The molecule has 2 unspecified atom stereocenters. The summed E-state index contributed by atoms with van der Waals surface area (Å²) in [6.45, 7) is 0. The van der Waals surface area contributed by atoms with Crippen LogP contribution in [-0.4, -0.2) is 34.2 Å². The van der Waals surface area contributed by atoms with E-state index in [1.165, 1.54) is 12.8 Å². The minimum absolute atomic E-state index is 0.0799. The summed E-state index contributed by atoms with van der Waals surface area (Å²) in [6, 6.07) is -0.160. The third-order valence-corrected chi connectivity index (χ3v) is 2.07. The van der Waals surface area contributed by atoms with Crippen LogP contribution in [0.4, 0.5) is 0 Å². The molecule has 1 aliphatic carbocycles. The molecule has 1 aliphatic rings. The third kappa shape index (κ3) is 16.5. The number of carboxylic acid groups (broad SMARTS) is 2. The van der Waals surface area contributed by atoms with Crippen LogP contribution >= 0.6 is 26.6 Å². The number of carboxylic acids is 2. The van der Waals surface area contributed by atoms with E-state index in [0.717, 1.165) is 12.8 Å². The molecule has 0 radical (unpaired) electrons. The molecular formula is C9H16Br2N2O4Pt. The van der Waals surface area contributed by atoms with Crippen molar-refractivity contribution in [1.29, 1.82) is 0 Å². The summed E-state index contributed by atoms with van der Waals surface area (Å²) in [6.07, 6.45) is 3.44. The molecule has 0 aromatic heterocycles. The number of rotatable bonds is 2. The zero-order chi connectivity index (χ0) is 14.6. The summed E-state index contributed by atoms with van der Waals surface area (Å²) >= 11 is 6.56. The van der Waals surface area contributed by atoms with Gasteiger partial charge in [-0.15, -0.1) is 0 Å². The molecule has 1 fully saturated rings. The Kier molecular flexibility index (Phi) is 16.1. The van der Waals surface area contributed by atoms with Gasteiger partial charge in [-0.1, -0.05) is 25.7 Å². The van der Waals surface area contributed by atoms with E-state index in [1.807, 2.05) is 0 Å². The van der Waals surface area contributed by atoms with Crippen LogP contribution in [-0.2, 0) is 24.0 Å². The number of hydrogen-bond donors (Lipinski definition) is 2. The van der Waals surface area contributed by atoms with Crippen molar-refractivity contribution < 1.29 is 34.3 Å². The van der Waals surface area contributed by atoms with Gasteiger partial charge in [-0.25, -0.2) is 0 Å². The number of carbonyl (C=O) groups is 2. The molecule has 0 aliphatic heterocycles. The Bertz CT molecular complexity index is 225. The molecule has 0 heterocycles. The van der Waals surface area contributed by atoms with Crippen molar-refractivity contribution in [2.45, 2.75) is 44.2 Å². The van der Waals surface area contributed by atoms with Gasteiger partial charge in [0.15, 0.2) is 0 Å². The molecule has 0 aromatic carbocycles. The Morgan fingerprint density at radius 3 is 1.44 bits per heavy atom. The molecule has 6 nitrogen and oxygen atoms in total. The summed E-state index contributed by atoms with van der Waals surface area (Å²) in [5.41, 5.74) is 14.6. The zero-order valence-electron chi connectivity index (χ0n) is 9.47. The summed E-state index contributed by atoms with van der Waals surface area (Å²) in [7, 11) is 0. The average Bonchev–Trinajstić information content (AvgIpc) is 2.22. The summed E-state index contributed by atoms with van der Waals surface area (Å²) in [4.78, 5) is 18.9. The van der Waals surface area contributed by atoms with E-state index >= 15 is 0 Å². The normalized spacial score (nSPS) is 22.0. The van der Waals surface area contributed by atoms with Gasteiger partial charge in [0.05, 0.1) is 0 Å². The molecule has 0 bridgehead atoms. The van der Waals surface area contributed by atoms with E-state index in [9.17, 15) is 9.59 Å². The molecule has 0 spiro atoms. The number of nitrogens with one attached hydrogen (secondary N) is 2. The molecule has 0 amide bonds. The summed E-state index contributed by atoms with van der Waals surface area (Å²) in [5.74, 6) is -2.62. The quantitative estimate of drug-likeness (QED) is 0.492. The second kappa shape index (κ2) is 13.9. The van der Waals surface area contributed by atoms with Crippen LogP contribution in [0.3, 0.4) is 0 Å². The van der Waals surface area contributed by atoms with Crippen molar-refractivity contribution in [2.24, 2.45) is 0 Å². The van der Waals surface area contributed by atoms with Crippen LogP contribution in [0.15, 0.2) is 0 Å². The van der Waals surface area contributed by atoms with Gasteiger partial charge < -0.3 is 21.7 Å². The van der Waals surface area contributed by atoms with E-state index in [-0.39, 0.29) is 26.5 Å². The Balaban J connectivity index is 0. The number of halogens is 2. The molecule has 110 valence electrons. The maximum atomic E-state index is 9.43. The topological polar surface area (TPSA) is 122 Å². The van der Waals surface area contributed by atoms with E-state index in [4.69, 9.17) is 21.7 Å². The van der Waals surface area contributed by atoms with Crippen LogP contribution in [0.25, 0.3) is 11.5 Å². The average molecular weight is 571 g/mol. The van der Waals surface area contributed by atoms with Crippen molar-refractivity contribution in [3.05, 3.63) is 11.5 Å². The Hall–Kier alpha value is 0.508. The molecule has 9 heteroatoms. The monoisotopic (exact) mass is 569 g/mol. The molecule has 0 aromatic rings. The fourth-order valence-electron chi connectivity index (χ4n) is 1.26. The zero-order valence-corrected chi connectivity index (χ0v) is 14.9. The van der Waals surface area contributed by atoms with Crippen molar-refractivity contribution in [2.75, 3.05) is 0 Å². The summed E-state index contributed by atoms with van der Waals surface area (Å²) < 4.78 is 0. The Morgan fingerprint density at radius 1 is 1.06 bits per heavy atom. The largest absolute Gasteiger partial charge is 0.676 e. The Labute approximate surface area is 128 Å². The van der Waals surface area contributed by atoms with E-state index in [1.54, 1.807) is 0 Å². The number of aliphatic carboxylic acids is 2. The van der Waals surface area contributed by atoms with Crippen LogP contribution in [0, 0.1) is 0 Å². The van der Waals surface area contributed by atoms with Gasteiger partial charge in [0.25, 0.3) is 0 Å². The minimum atomic E-state index is -1.31. The van der Waals surface area contributed by atoms with Crippen molar-refractivity contribution in [1.82, 2.24) is 0 Å². The van der Waals surface area contributed by atoms with Gasteiger partial charge in [0.1, 0.15) is 6.42 Å².